The van der Waals surface area contributed by atoms with Crippen molar-refractivity contribution in [1.82, 2.24) is 10.2 Å². The Balaban J connectivity index is 1.82. The van der Waals surface area contributed by atoms with Gasteiger partial charge in [0.15, 0.2) is 0 Å². The molecule has 1 aliphatic rings. The van der Waals surface area contributed by atoms with E-state index in [0.29, 0.717) is 31.6 Å². The van der Waals surface area contributed by atoms with Gasteiger partial charge in [0, 0.05) is 31.7 Å². The second-order valence-electron chi connectivity index (χ2n) is 6.74. The largest absolute Gasteiger partial charge is 0.348 e. The molecule has 0 saturated carbocycles. The van der Waals surface area contributed by atoms with Crippen LogP contribution in [0.3, 0.4) is 0 Å². The predicted molar refractivity (Wildman–Crippen MR) is 97.3 cm³/mol. The molecule has 1 heterocycles. The number of hydrogen-bond acceptors (Lipinski definition) is 3. The average Bonchev–Trinajstić information content (AvgIpc) is 2.98. The lowest BCUT2D eigenvalue weighted by Gasteiger charge is -2.17. The fourth-order valence-electron chi connectivity index (χ4n) is 3.01. The lowest BCUT2D eigenvalue weighted by molar-refractivity contribution is -0.136. The lowest BCUT2D eigenvalue weighted by Crippen LogP contribution is -2.37. The Morgan fingerprint density at radius 3 is 2.64 bits per heavy atom. The predicted octanol–water partition coefficient (Wildman–Crippen LogP) is 2.19. The number of nitrogens with zero attached hydrogens (tertiary/aromatic N) is 1. The third-order valence-electron chi connectivity index (χ3n) is 4.43. The molecule has 3 amide bonds. The summed E-state index contributed by atoms with van der Waals surface area (Å²) in [4.78, 5) is 37.5. The van der Waals surface area contributed by atoms with Crippen molar-refractivity contribution in [3.63, 3.8) is 0 Å². The molecule has 0 spiro atoms. The number of anilines is 1. The van der Waals surface area contributed by atoms with E-state index in [-0.39, 0.29) is 11.8 Å². The van der Waals surface area contributed by atoms with Crippen molar-refractivity contribution >= 4 is 23.4 Å². The quantitative estimate of drug-likeness (QED) is 0.613. The maximum atomic E-state index is 12.2. The van der Waals surface area contributed by atoms with Gasteiger partial charge in [-0.3, -0.25) is 14.4 Å². The highest BCUT2D eigenvalue weighted by atomic mass is 16.2. The molecule has 1 aromatic rings. The molecule has 1 fully saturated rings. The Labute approximate surface area is 149 Å². The highest BCUT2D eigenvalue weighted by molar-refractivity contribution is 6.39. The van der Waals surface area contributed by atoms with Crippen LogP contribution in [-0.4, -0.2) is 42.3 Å². The Morgan fingerprint density at radius 1 is 1.24 bits per heavy atom. The van der Waals surface area contributed by atoms with Crippen LogP contribution in [0.15, 0.2) is 18.2 Å². The second kappa shape index (κ2) is 8.65. The zero-order valence-electron chi connectivity index (χ0n) is 15.2. The third kappa shape index (κ3) is 5.05. The zero-order valence-corrected chi connectivity index (χ0v) is 15.2. The van der Waals surface area contributed by atoms with Gasteiger partial charge in [0.2, 0.25) is 5.91 Å². The minimum absolute atomic E-state index is 0.171. The van der Waals surface area contributed by atoms with E-state index in [0.717, 1.165) is 24.1 Å². The van der Waals surface area contributed by atoms with Crippen molar-refractivity contribution in [2.75, 3.05) is 25.0 Å². The minimum atomic E-state index is -0.659. The number of para-hydroxylation sites is 1. The number of benzene rings is 1. The van der Waals surface area contributed by atoms with Crippen LogP contribution in [0, 0.1) is 6.92 Å². The van der Waals surface area contributed by atoms with E-state index in [9.17, 15) is 14.4 Å². The molecule has 0 bridgehead atoms. The van der Waals surface area contributed by atoms with Gasteiger partial charge >= 0.3 is 11.8 Å². The first kappa shape index (κ1) is 19.0. The van der Waals surface area contributed by atoms with Crippen molar-refractivity contribution in [3.8, 4) is 0 Å². The summed E-state index contributed by atoms with van der Waals surface area (Å²) in [6.07, 6.45) is 2.16. The van der Waals surface area contributed by atoms with E-state index < -0.39 is 11.8 Å². The highest BCUT2D eigenvalue weighted by Crippen LogP contribution is 2.27. The summed E-state index contributed by atoms with van der Waals surface area (Å²) in [6, 6.07) is 5.81. The number of carbonyl (C=O) groups is 3. The third-order valence-corrected chi connectivity index (χ3v) is 4.43. The molecule has 0 unspecified atom stereocenters. The number of amides is 3. The summed E-state index contributed by atoms with van der Waals surface area (Å²) in [6.45, 7) is 7.79. The van der Waals surface area contributed by atoms with Gasteiger partial charge in [0.25, 0.3) is 0 Å². The molecule has 0 atom stereocenters. The number of rotatable bonds is 6. The van der Waals surface area contributed by atoms with E-state index in [4.69, 9.17) is 0 Å². The van der Waals surface area contributed by atoms with Crippen LogP contribution in [-0.2, 0) is 14.4 Å². The number of carbonyl (C=O) groups excluding carboxylic acids is 3. The van der Waals surface area contributed by atoms with Crippen LogP contribution < -0.4 is 10.6 Å². The molecule has 25 heavy (non-hydrogen) atoms. The molecule has 6 heteroatoms. The molecular formula is C19H27N3O3. The number of likely N-dealkylation sites (tertiary alicyclic amines) is 1. The summed E-state index contributed by atoms with van der Waals surface area (Å²) >= 11 is 0. The maximum absolute atomic E-state index is 12.2. The fraction of sp³-hybridized carbons (Fsp3) is 0.526. The first-order chi connectivity index (χ1) is 11.9. The van der Waals surface area contributed by atoms with Gasteiger partial charge in [-0.2, -0.15) is 0 Å². The molecule has 2 rings (SSSR count). The maximum Gasteiger partial charge on any atom is 0.313 e. The molecule has 1 aromatic carbocycles. The zero-order chi connectivity index (χ0) is 18.4. The van der Waals surface area contributed by atoms with Crippen molar-refractivity contribution < 1.29 is 14.4 Å². The van der Waals surface area contributed by atoms with Crippen LogP contribution in [0.25, 0.3) is 0 Å². The molecule has 136 valence electrons. The Morgan fingerprint density at radius 2 is 2.00 bits per heavy atom. The van der Waals surface area contributed by atoms with Crippen LogP contribution >= 0.6 is 0 Å². The summed E-state index contributed by atoms with van der Waals surface area (Å²) in [5.74, 6) is -0.889. The fourth-order valence-corrected chi connectivity index (χ4v) is 3.01. The smallest absolute Gasteiger partial charge is 0.313 e. The van der Waals surface area contributed by atoms with Gasteiger partial charge in [-0.25, -0.2) is 0 Å². The first-order valence-electron chi connectivity index (χ1n) is 8.86. The van der Waals surface area contributed by atoms with Crippen LogP contribution in [0.4, 0.5) is 5.69 Å². The van der Waals surface area contributed by atoms with Gasteiger partial charge in [0.1, 0.15) is 0 Å². The minimum Gasteiger partial charge on any atom is -0.348 e. The van der Waals surface area contributed by atoms with Crippen molar-refractivity contribution in [2.24, 2.45) is 0 Å². The van der Waals surface area contributed by atoms with Crippen LogP contribution in [0.2, 0.25) is 0 Å². The highest BCUT2D eigenvalue weighted by Gasteiger charge is 2.20. The van der Waals surface area contributed by atoms with Crippen molar-refractivity contribution in [1.29, 1.82) is 0 Å². The molecule has 1 saturated heterocycles. The summed E-state index contributed by atoms with van der Waals surface area (Å²) < 4.78 is 0. The lowest BCUT2D eigenvalue weighted by atomic mass is 9.98. The van der Waals surface area contributed by atoms with E-state index >= 15 is 0 Å². The normalized spacial score (nSPS) is 14.1. The van der Waals surface area contributed by atoms with Gasteiger partial charge in [0.05, 0.1) is 0 Å². The Bertz CT molecular complexity index is 655. The standard InChI is InChI=1S/C19H27N3O3/c1-13(2)15-8-4-7-14(3)17(15)21-19(25)18(24)20-10-6-12-22-11-5-9-16(22)23/h4,7-8,13H,5-6,9-12H2,1-3H3,(H,20,24)(H,21,25). The number of hydrogen-bond donors (Lipinski definition) is 2. The Kier molecular flexibility index (Phi) is 6.56. The van der Waals surface area contributed by atoms with E-state index in [2.05, 4.69) is 10.6 Å². The topological polar surface area (TPSA) is 78.5 Å². The number of aryl methyl sites for hydroxylation is 1. The Hall–Kier alpha value is -2.37. The SMILES string of the molecule is Cc1cccc(C(C)C)c1NC(=O)C(=O)NCCCN1CCCC1=O. The second-order valence-corrected chi connectivity index (χ2v) is 6.74. The first-order valence-corrected chi connectivity index (χ1v) is 8.86. The van der Waals surface area contributed by atoms with Crippen molar-refractivity contribution in [2.45, 2.75) is 46.0 Å². The summed E-state index contributed by atoms with van der Waals surface area (Å²) in [5.41, 5.74) is 2.65. The van der Waals surface area contributed by atoms with Gasteiger partial charge in [-0.05, 0) is 36.8 Å². The van der Waals surface area contributed by atoms with Gasteiger partial charge < -0.3 is 15.5 Å². The van der Waals surface area contributed by atoms with Crippen LogP contribution in [0.1, 0.15) is 50.2 Å². The van der Waals surface area contributed by atoms with E-state index in [1.807, 2.05) is 39.0 Å². The van der Waals surface area contributed by atoms with E-state index in [1.165, 1.54) is 0 Å². The van der Waals surface area contributed by atoms with E-state index in [1.54, 1.807) is 4.90 Å². The van der Waals surface area contributed by atoms with Gasteiger partial charge in [-0.1, -0.05) is 32.0 Å². The molecule has 0 aliphatic carbocycles. The summed E-state index contributed by atoms with van der Waals surface area (Å²) in [7, 11) is 0. The monoisotopic (exact) mass is 345 g/mol. The van der Waals surface area contributed by atoms with Crippen molar-refractivity contribution in [3.05, 3.63) is 29.3 Å². The molecule has 2 N–H and O–H groups in total. The molecule has 6 nitrogen and oxygen atoms in total. The molecule has 1 aliphatic heterocycles. The van der Waals surface area contributed by atoms with Gasteiger partial charge in [-0.15, -0.1) is 0 Å². The molecular weight excluding hydrogens is 318 g/mol. The summed E-state index contributed by atoms with van der Waals surface area (Å²) in [5, 5.41) is 5.35. The number of nitrogens with one attached hydrogen (secondary N) is 2. The molecule has 0 aromatic heterocycles. The average molecular weight is 345 g/mol. The van der Waals surface area contributed by atoms with Crippen LogP contribution in [0.5, 0.6) is 0 Å². The molecule has 0 radical (unpaired) electrons.